The van der Waals surface area contributed by atoms with Crippen molar-refractivity contribution in [2.45, 2.75) is 26.3 Å². The molecular formula is C17H16FN7. The predicted octanol–water partition coefficient (Wildman–Crippen LogP) is 2.52. The maximum Gasteiger partial charge on any atom is 0.166 e. The Kier molecular flexibility index (Phi) is 3.93. The van der Waals surface area contributed by atoms with E-state index < -0.39 is 5.82 Å². The second-order valence-electron chi connectivity index (χ2n) is 5.69. The second-order valence-corrected chi connectivity index (χ2v) is 5.69. The van der Waals surface area contributed by atoms with Gasteiger partial charge in [-0.25, -0.2) is 19.3 Å². The Balaban J connectivity index is 1.77. The van der Waals surface area contributed by atoms with Crippen LogP contribution < -0.4 is 0 Å². The van der Waals surface area contributed by atoms with Crippen LogP contribution >= 0.6 is 0 Å². The number of hydrogen-bond acceptors (Lipinski definition) is 5. The number of rotatable bonds is 5. The third-order valence-electron chi connectivity index (χ3n) is 4.04. The lowest BCUT2D eigenvalue weighted by atomic mass is 10.1. The van der Waals surface area contributed by atoms with Gasteiger partial charge in [0.15, 0.2) is 17.3 Å². The molecule has 0 saturated carbocycles. The molecule has 0 amide bonds. The molecule has 0 spiro atoms. The molecule has 0 bridgehead atoms. The highest BCUT2D eigenvalue weighted by Gasteiger charge is 2.16. The van der Waals surface area contributed by atoms with E-state index in [0.717, 1.165) is 29.7 Å². The summed E-state index contributed by atoms with van der Waals surface area (Å²) in [7, 11) is 0. The Labute approximate surface area is 143 Å². The van der Waals surface area contributed by atoms with Crippen LogP contribution in [0.25, 0.3) is 17.2 Å². The minimum Gasteiger partial charge on any atom is -0.324 e. The Bertz CT molecular complexity index is 1020. The third kappa shape index (κ3) is 2.75. The molecule has 0 atom stereocenters. The number of fused-ring (bicyclic) bond motifs is 1. The SMILES string of the molecule is CCCc1c(Cn2ccnc2-c2ncccc2F)ncn2cnnc12. The van der Waals surface area contributed by atoms with Crippen LogP contribution in [0.4, 0.5) is 4.39 Å². The maximum absolute atomic E-state index is 14.1. The van der Waals surface area contributed by atoms with Crippen molar-refractivity contribution in [3.63, 3.8) is 0 Å². The fourth-order valence-corrected chi connectivity index (χ4v) is 2.89. The van der Waals surface area contributed by atoms with E-state index in [4.69, 9.17) is 0 Å². The first-order valence-electron chi connectivity index (χ1n) is 8.06. The first-order valence-corrected chi connectivity index (χ1v) is 8.06. The van der Waals surface area contributed by atoms with Crippen LogP contribution in [0.1, 0.15) is 24.6 Å². The monoisotopic (exact) mass is 337 g/mol. The summed E-state index contributed by atoms with van der Waals surface area (Å²) in [5, 5.41) is 8.15. The number of pyridine rings is 1. The normalized spacial score (nSPS) is 11.3. The van der Waals surface area contributed by atoms with Crippen molar-refractivity contribution in [1.29, 1.82) is 0 Å². The van der Waals surface area contributed by atoms with Crippen molar-refractivity contribution in [2.75, 3.05) is 0 Å². The van der Waals surface area contributed by atoms with Gasteiger partial charge in [0.05, 0.1) is 12.2 Å². The molecule has 0 fully saturated rings. The summed E-state index contributed by atoms with van der Waals surface area (Å²) in [4.78, 5) is 12.9. The van der Waals surface area contributed by atoms with Gasteiger partial charge in [0.2, 0.25) is 0 Å². The van der Waals surface area contributed by atoms with Crippen LogP contribution in [0.3, 0.4) is 0 Å². The Morgan fingerprint density at radius 3 is 2.88 bits per heavy atom. The van der Waals surface area contributed by atoms with Crippen LogP contribution in [-0.4, -0.2) is 34.1 Å². The molecule has 126 valence electrons. The van der Waals surface area contributed by atoms with Gasteiger partial charge in [-0.05, 0) is 18.6 Å². The molecule has 0 aromatic carbocycles. The van der Waals surface area contributed by atoms with Crippen molar-refractivity contribution in [3.05, 3.63) is 60.5 Å². The third-order valence-corrected chi connectivity index (χ3v) is 4.04. The highest BCUT2D eigenvalue weighted by Crippen LogP contribution is 2.21. The van der Waals surface area contributed by atoms with E-state index in [2.05, 4.69) is 32.1 Å². The largest absolute Gasteiger partial charge is 0.324 e. The molecule has 4 aromatic heterocycles. The van der Waals surface area contributed by atoms with Gasteiger partial charge < -0.3 is 4.57 Å². The highest BCUT2D eigenvalue weighted by atomic mass is 19.1. The maximum atomic E-state index is 14.1. The zero-order valence-electron chi connectivity index (χ0n) is 13.7. The number of aryl methyl sites for hydroxylation is 1. The van der Waals surface area contributed by atoms with Crippen LogP contribution in [0.15, 0.2) is 43.4 Å². The number of aromatic nitrogens is 7. The van der Waals surface area contributed by atoms with Gasteiger partial charge in [0.1, 0.15) is 18.3 Å². The van der Waals surface area contributed by atoms with E-state index in [1.165, 1.54) is 6.07 Å². The molecule has 7 nitrogen and oxygen atoms in total. The smallest absolute Gasteiger partial charge is 0.166 e. The van der Waals surface area contributed by atoms with Crippen LogP contribution in [0.2, 0.25) is 0 Å². The van der Waals surface area contributed by atoms with E-state index in [9.17, 15) is 4.39 Å². The van der Waals surface area contributed by atoms with E-state index in [0.29, 0.717) is 12.4 Å². The highest BCUT2D eigenvalue weighted by molar-refractivity contribution is 5.52. The topological polar surface area (TPSA) is 73.8 Å². The molecule has 25 heavy (non-hydrogen) atoms. The molecule has 4 rings (SSSR count). The second kappa shape index (κ2) is 6.39. The number of halogens is 1. The van der Waals surface area contributed by atoms with Gasteiger partial charge in [-0.2, -0.15) is 0 Å². The number of hydrogen-bond donors (Lipinski definition) is 0. The molecule has 0 saturated heterocycles. The van der Waals surface area contributed by atoms with Crippen molar-refractivity contribution >= 4 is 5.65 Å². The minimum absolute atomic E-state index is 0.230. The summed E-state index contributed by atoms with van der Waals surface area (Å²) in [6, 6.07) is 2.94. The quantitative estimate of drug-likeness (QED) is 0.559. The average molecular weight is 337 g/mol. The molecule has 0 N–H and O–H groups in total. The molecule has 0 aliphatic rings. The molecule has 0 radical (unpaired) electrons. The summed E-state index contributed by atoms with van der Waals surface area (Å²) in [6.07, 6.45) is 10.1. The molecular weight excluding hydrogens is 321 g/mol. The number of nitrogens with zero attached hydrogens (tertiary/aromatic N) is 7. The van der Waals surface area contributed by atoms with Gasteiger partial charge >= 0.3 is 0 Å². The van der Waals surface area contributed by atoms with Crippen molar-refractivity contribution < 1.29 is 4.39 Å². The van der Waals surface area contributed by atoms with Crippen LogP contribution in [-0.2, 0) is 13.0 Å². The standard InChI is InChI=1S/C17H16FN7/c1-2-4-12-14(21-10-25-11-22-23-16(12)25)9-24-8-7-20-17(24)15-13(18)5-3-6-19-15/h3,5-8,10-11H,2,4,9H2,1H3. The van der Waals surface area contributed by atoms with Crippen molar-refractivity contribution in [2.24, 2.45) is 0 Å². The molecule has 4 heterocycles. The Morgan fingerprint density at radius 2 is 2.04 bits per heavy atom. The lowest BCUT2D eigenvalue weighted by molar-refractivity contribution is 0.621. The zero-order chi connectivity index (χ0) is 17.2. The predicted molar refractivity (Wildman–Crippen MR) is 89.3 cm³/mol. The van der Waals surface area contributed by atoms with Crippen LogP contribution in [0.5, 0.6) is 0 Å². The van der Waals surface area contributed by atoms with E-state index in [1.54, 1.807) is 37.3 Å². The zero-order valence-corrected chi connectivity index (χ0v) is 13.7. The van der Waals surface area contributed by atoms with Crippen molar-refractivity contribution in [1.82, 2.24) is 34.1 Å². The molecule has 4 aromatic rings. The van der Waals surface area contributed by atoms with Gasteiger partial charge in [-0.1, -0.05) is 13.3 Å². The lowest BCUT2D eigenvalue weighted by Crippen LogP contribution is -2.09. The molecule has 0 aliphatic carbocycles. The van der Waals surface area contributed by atoms with Crippen molar-refractivity contribution in [3.8, 4) is 11.5 Å². The minimum atomic E-state index is -0.399. The molecule has 0 unspecified atom stereocenters. The van der Waals surface area contributed by atoms with Gasteiger partial charge in [-0.3, -0.25) is 4.40 Å². The summed E-state index contributed by atoms with van der Waals surface area (Å²) < 4.78 is 17.7. The summed E-state index contributed by atoms with van der Waals surface area (Å²) in [5.74, 6) is 0.0771. The van der Waals surface area contributed by atoms with Gasteiger partial charge in [0, 0.05) is 24.2 Å². The molecule has 8 heteroatoms. The summed E-state index contributed by atoms with van der Waals surface area (Å²) in [5.41, 5.74) is 2.95. The van der Waals surface area contributed by atoms with E-state index in [-0.39, 0.29) is 5.69 Å². The van der Waals surface area contributed by atoms with E-state index in [1.807, 2.05) is 8.97 Å². The summed E-state index contributed by atoms with van der Waals surface area (Å²) >= 11 is 0. The lowest BCUT2D eigenvalue weighted by Gasteiger charge is -2.12. The van der Waals surface area contributed by atoms with Crippen LogP contribution in [0, 0.1) is 5.82 Å². The fourth-order valence-electron chi connectivity index (χ4n) is 2.89. The van der Waals surface area contributed by atoms with Gasteiger partial charge in [-0.15, -0.1) is 10.2 Å². The molecule has 0 aliphatic heterocycles. The first-order chi connectivity index (χ1) is 12.3. The number of imidazole rings is 1. The fraction of sp³-hybridized carbons (Fsp3) is 0.235. The summed E-state index contributed by atoms with van der Waals surface area (Å²) in [6.45, 7) is 2.57. The Morgan fingerprint density at radius 1 is 1.12 bits per heavy atom. The Hall–Kier alpha value is -3.16. The first kappa shape index (κ1) is 15.4. The van der Waals surface area contributed by atoms with Gasteiger partial charge in [0.25, 0.3) is 0 Å². The van der Waals surface area contributed by atoms with E-state index >= 15 is 0 Å². The average Bonchev–Trinajstić information content (AvgIpc) is 3.27.